The number of ketones is 2. The Morgan fingerprint density at radius 1 is 1.04 bits per heavy atom. The summed E-state index contributed by atoms with van der Waals surface area (Å²) < 4.78 is 5.77. The molecule has 0 N–H and O–H groups in total. The maximum absolute atomic E-state index is 12.9. The molecule has 5 heteroatoms. The molecule has 1 saturated heterocycles. The smallest absolute Gasteiger partial charge is 0.179 e. The molecule has 4 nitrogen and oxygen atoms in total. The first kappa shape index (κ1) is 18.0. The lowest BCUT2D eigenvalue weighted by atomic mass is 9.75. The van der Waals surface area contributed by atoms with E-state index >= 15 is 0 Å². The van der Waals surface area contributed by atoms with E-state index in [0.717, 1.165) is 21.8 Å². The molecular formula is C20H23NO3S. The van der Waals surface area contributed by atoms with Gasteiger partial charge in [0, 0.05) is 16.6 Å². The van der Waals surface area contributed by atoms with Crippen LogP contribution < -0.4 is 0 Å². The summed E-state index contributed by atoms with van der Waals surface area (Å²) in [7, 11) is 0. The first-order valence-electron chi connectivity index (χ1n) is 8.35. The van der Waals surface area contributed by atoms with Crippen LogP contribution in [0.15, 0.2) is 23.6 Å². The Bertz CT molecular complexity index is 838. The molecule has 1 aliphatic rings. The number of benzene rings is 1. The van der Waals surface area contributed by atoms with Crippen LogP contribution in [0.1, 0.15) is 50.4 Å². The Balaban J connectivity index is 2.12. The third-order valence-electron chi connectivity index (χ3n) is 4.67. The maximum Gasteiger partial charge on any atom is 0.179 e. The van der Waals surface area contributed by atoms with E-state index in [2.05, 4.69) is 4.98 Å². The van der Waals surface area contributed by atoms with Crippen LogP contribution in [0.25, 0.3) is 10.6 Å². The minimum Gasteiger partial charge on any atom is -0.354 e. The summed E-state index contributed by atoms with van der Waals surface area (Å²) in [5.41, 5.74) is 1.73. The largest absolute Gasteiger partial charge is 0.354 e. The second-order valence-corrected chi connectivity index (χ2v) is 8.51. The van der Waals surface area contributed by atoms with Gasteiger partial charge < -0.3 is 4.74 Å². The van der Waals surface area contributed by atoms with E-state index < -0.39 is 17.1 Å². The Hall–Kier alpha value is -1.85. The average molecular weight is 357 g/mol. The predicted molar refractivity (Wildman–Crippen MR) is 99.0 cm³/mol. The van der Waals surface area contributed by atoms with Crippen molar-refractivity contribution in [3.8, 4) is 10.6 Å². The standard InChI is InChI=1S/C20H23NO3S/c1-11-7-8-13(9-14(11)18-21-12(2)10-25-18)15-16(22)19(3,4)24-20(5,6)17(15)23/h7-10,15H,1-6H3. The predicted octanol–water partition coefficient (Wildman–Crippen LogP) is 4.24. The Labute approximate surface area is 152 Å². The summed E-state index contributed by atoms with van der Waals surface area (Å²) in [5.74, 6) is -1.19. The molecule has 0 aliphatic carbocycles. The van der Waals surface area contributed by atoms with Crippen molar-refractivity contribution >= 4 is 22.9 Å². The zero-order chi connectivity index (χ0) is 18.6. The average Bonchev–Trinajstić information content (AvgIpc) is 2.93. The molecule has 0 unspecified atom stereocenters. The molecule has 3 rings (SSSR count). The minimum atomic E-state index is -0.995. The van der Waals surface area contributed by atoms with Gasteiger partial charge in [0.25, 0.3) is 0 Å². The highest BCUT2D eigenvalue weighted by molar-refractivity contribution is 7.13. The normalized spacial score (nSPS) is 20.1. The zero-order valence-corrected chi connectivity index (χ0v) is 16.3. The number of aryl methyl sites for hydroxylation is 2. The molecule has 1 aromatic heterocycles. The molecule has 1 fully saturated rings. The summed E-state index contributed by atoms with van der Waals surface area (Å²) >= 11 is 1.57. The van der Waals surface area contributed by atoms with Crippen LogP contribution in [0.2, 0.25) is 0 Å². The van der Waals surface area contributed by atoms with Crippen molar-refractivity contribution in [3.63, 3.8) is 0 Å². The number of rotatable bonds is 2. The van der Waals surface area contributed by atoms with Crippen molar-refractivity contribution in [2.75, 3.05) is 0 Å². The quantitative estimate of drug-likeness (QED) is 0.755. The lowest BCUT2D eigenvalue weighted by Crippen LogP contribution is -2.57. The summed E-state index contributed by atoms with van der Waals surface area (Å²) in [5, 5.41) is 2.90. The SMILES string of the molecule is Cc1csc(-c2cc(C3C(=O)C(C)(C)OC(C)(C)C3=O)ccc2C)n1. The van der Waals surface area contributed by atoms with Crippen LogP contribution >= 0.6 is 11.3 Å². The fourth-order valence-electron chi connectivity index (χ4n) is 3.38. The number of hydrogen-bond donors (Lipinski definition) is 0. The molecule has 0 bridgehead atoms. The van der Waals surface area contributed by atoms with Crippen molar-refractivity contribution in [1.29, 1.82) is 0 Å². The molecule has 1 aliphatic heterocycles. The van der Waals surface area contributed by atoms with Crippen LogP contribution in [0.3, 0.4) is 0 Å². The lowest BCUT2D eigenvalue weighted by molar-refractivity contribution is -0.184. The van der Waals surface area contributed by atoms with Gasteiger partial charge in [0.05, 0.1) is 0 Å². The number of hydrogen-bond acceptors (Lipinski definition) is 5. The van der Waals surface area contributed by atoms with Crippen LogP contribution in [0.4, 0.5) is 0 Å². The van der Waals surface area contributed by atoms with Gasteiger partial charge in [-0.2, -0.15) is 0 Å². The molecule has 0 amide bonds. The summed E-state index contributed by atoms with van der Waals surface area (Å²) in [4.78, 5) is 30.4. The molecule has 0 atom stereocenters. The molecule has 132 valence electrons. The van der Waals surface area contributed by atoms with E-state index in [0.29, 0.717) is 5.56 Å². The Morgan fingerprint density at radius 2 is 1.64 bits per heavy atom. The number of aromatic nitrogens is 1. The van der Waals surface area contributed by atoms with Crippen molar-refractivity contribution in [3.05, 3.63) is 40.4 Å². The lowest BCUT2D eigenvalue weighted by Gasteiger charge is -2.42. The van der Waals surface area contributed by atoms with Crippen LogP contribution in [-0.4, -0.2) is 27.8 Å². The van der Waals surface area contributed by atoms with E-state index in [1.165, 1.54) is 0 Å². The molecule has 25 heavy (non-hydrogen) atoms. The molecule has 0 spiro atoms. The molecule has 2 heterocycles. The first-order chi connectivity index (χ1) is 11.5. The van der Waals surface area contributed by atoms with Crippen LogP contribution in [0.5, 0.6) is 0 Å². The number of carbonyl (C=O) groups is 2. The fraction of sp³-hybridized carbons (Fsp3) is 0.450. The number of nitrogens with zero attached hydrogens (tertiary/aromatic N) is 1. The van der Waals surface area contributed by atoms with Gasteiger partial charge in [0.15, 0.2) is 11.6 Å². The van der Waals surface area contributed by atoms with Crippen LogP contribution in [-0.2, 0) is 14.3 Å². The second-order valence-electron chi connectivity index (χ2n) is 7.65. The summed E-state index contributed by atoms with van der Waals surface area (Å²) in [6, 6.07) is 5.76. The fourth-order valence-corrected chi connectivity index (χ4v) is 4.26. The molecular weight excluding hydrogens is 334 g/mol. The van der Waals surface area contributed by atoms with E-state index in [1.54, 1.807) is 39.0 Å². The van der Waals surface area contributed by atoms with Gasteiger partial charge in [-0.05, 0) is 58.7 Å². The van der Waals surface area contributed by atoms with Gasteiger partial charge in [-0.1, -0.05) is 12.1 Å². The summed E-state index contributed by atoms with van der Waals surface area (Å²) in [6.45, 7) is 10.9. The highest BCUT2D eigenvalue weighted by Gasteiger charge is 2.52. The minimum absolute atomic E-state index is 0.193. The van der Waals surface area contributed by atoms with Crippen molar-refractivity contribution in [2.45, 2.75) is 58.7 Å². The monoisotopic (exact) mass is 357 g/mol. The van der Waals surface area contributed by atoms with Crippen molar-refractivity contribution < 1.29 is 14.3 Å². The molecule has 0 saturated carbocycles. The third-order valence-corrected chi connectivity index (χ3v) is 5.66. The Morgan fingerprint density at radius 3 is 2.16 bits per heavy atom. The van der Waals surface area contributed by atoms with Gasteiger partial charge >= 0.3 is 0 Å². The van der Waals surface area contributed by atoms with E-state index in [4.69, 9.17) is 4.74 Å². The maximum atomic E-state index is 12.9. The summed E-state index contributed by atoms with van der Waals surface area (Å²) in [6.07, 6.45) is 0. The Kier molecular flexibility index (Phi) is 4.20. The number of Topliss-reactive ketones (excluding diaryl/α,β-unsaturated/α-hetero) is 2. The third kappa shape index (κ3) is 3.07. The van der Waals surface area contributed by atoms with Gasteiger partial charge in [0.2, 0.25) is 0 Å². The topological polar surface area (TPSA) is 56.3 Å². The van der Waals surface area contributed by atoms with Crippen LogP contribution in [0, 0.1) is 13.8 Å². The first-order valence-corrected chi connectivity index (χ1v) is 9.23. The van der Waals surface area contributed by atoms with Gasteiger partial charge in [-0.15, -0.1) is 11.3 Å². The van der Waals surface area contributed by atoms with E-state index in [-0.39, 0.29) is 11.6 Å². The number of thiazole rings is 1. The molecule has 2 aromatic rings. The molecule has 0 radical (unpaired) electrons. The van der Waals surface area contributed by atoms with Gasteiger partial charge in [0.1, 0.15) is 22.1 Å². The van der Waals surface area contributed by atoms with Gasteiger partial charge in [-0.3, -0.25) is 9.59 Å². The van der Waals surface area contributed by atoms with E-state index in [9.17, 15) is 9.59 Å². The van der Waals surface area contributed by atoms with E-state index in [1.807, 2.05) is 37.4 Å². The number of ether oxygens (including phenoxy) is 1. The molecule has 1 aromatic carbocycles. The van der Waals surface area contributed by atoms with Crippen molar-refractivity contribution in [2.24, 2.45) is 0 Å². The zero-order valence-electron chi connectivity index (χ0n) is 15.5. The highest BCUT2D eigenvalue weighted by Crippen LogP contribution is 2.40. The second kappa shape index (κ2) is 5.85. The van der Waals surface area contributed by atoms with Crippen molar-refractivity contribution in [1.82, 2.24) is 4.98 Å². The highest BCUT2D eigenvalue weighted by atomic mass is 32.1. The number of carbonyl (C=O) groups excluding carboxylic acids is 2. The van der Waals surface area contributed by atoms with Gasteiger partial charge in [-0.25, -0.2) is 4.98 Å².